The van der Waals surface area contributed by atoms with Crippen LogP contribution in [-0.2, 0) is 0 Å². The minimum Gasteiger partial charge on any atom is -0.506 e. The second-order valence-electron chi connectivity index (χ2n) is 4.36. The molecule has 1 aliphatic carbocycles. The van der Waals surface area contributed by atoms with Crippen molar-refractivity contribution in [3.8, 4) is 5.75 Å². The smallest absolute Gasteiger partial charge is 0.135 e. The van der Waals surface area contributed by atoms with Gasteiger partial charge in [0, 0.05) is 16.1 Å². The molecule has 0 aliphatic heterocycles. The van der Waals surface area contributed by atoms with Gasteiger partial charge in [0.25, 0.3) is 0 Å². The van der Waals surface area contributed by atoms with Gasteiger partial charge in [-0.1, -0.05) is 28.8 Å². The van der Waals surface area contributed by atoms with Crippen LogP contribution < -0.4 is 5.73 Å². The van der Waals surface area contributed by atoms with E-state index in [1.807, 2.05) is 12.1 Å². The second kappa shape index (κ2) is 5.07. The summed E-state index contributed by atoms with van der Waals surface area (Å²) in [6.45, 7) is 0. The number of hydrogen-bond acceptors (Lipinski definition) is 2. The topological polar surface area (TPSA) is 46.2 Å². The van der Waals surface area contributed by atoms with Gasteiger partial charge in [0.1, 0.15) is 5.75 Å². The molecule has 0 radical (unpaired) electrons. The zero-order chi connectivity index (χ0) is 11.7. The molecule has 2 nitrogen and oxygen atoms in total. The van der Waals surface area contributed by atoms with Crippen LogP contribution in [0.2, 0.25) is 0 Å². The molecule has 4 heteroatoms. The standard InChI is InChI=1S/C12H15Br2NO/c13-8-5-6-9(14)12(16)10(8)11(15)7-3-1-2-4-7/h5-7,11,16H,1-4,15H2/t11-/m0/s1. The molecule has 1 aromatic rings. The lowest BCUT2D eigenvalue weighted by molar-refractivity contribution is 0.409. The van der Waals surface area contributed by atoms with Gasteiger partial charge in [-0.15, -0.1) is 0 Å². The summed E-state index contributed by atoms with van der Waals surface area (Å²) >= 11 is 6.80. The number of nitrogens with two attached hydrogens (primary N) is 1. The maximum Gasteiger partial charge on any atom is 0.135 e. The largest absolute Gasteiger partial charge is 0.506 e. The fourth-order valence-corrected chi connectivity index (χ4v) is 3.36. The zero-order valence-electron chi connectivity index (χ0n) is 8.92. The molecule has 88 valence electrons. The highest BCUT2D eigenvalue weighted by atomic mass is 79.9. The monoisotopic (exact) mass is 347 g/mol. The summed E-state index contributed by atoms with van der Waals surface area (Å²) in [7, 11) is 0. The Kier molecular flexibility index (Phi) is 3.93. The number of phenolic OH excluding ortho intramolecular Hbond substituents is 1. The number of hydrogen-bond donors (Lipinski definition) is 2. The lowest BCUT2D eigenvalue weighted by atomic mass is 9.92. The Balaban J connectivity index is 2.34. The molecule has 1 fully saturated rings. The molecule has 1 saturated carbocycles. The van der Waals surface area contributed by atoms with Gasteiger partial charge < -0.3 is 10.8 Å². The summed E-state index contributed by atoms with van der Waals surface area (Å²) < 4.78 is 1.60. The fraction of sp³-hybridized carbons (Fsp3) is 0.500. The molecule has 1 atom stereocenters. The first-order chi connectivity index (χ1) is 7.61. The van der Waals surface area contributed by atoms with E-state index in [-0.39, 0.29) is 11.8 Å². The molecule has 0 bridgehead atoms. The van der Waals surface area contributed by atoms with Crippen molar-refractivity contribution in [3.05, 3.63) is 26.6 Å². The summed E-state index contributed by atoms with van der Waals surface area (Å²) in [5, 5.41) is 10.1. The molecule has 0 unspecified atom stereocenters. The number of halogens is 2. The van der Waals surface area contributed by atoms with Gasteiger partial charge >= 0.3 is 0 Å². The van der Waals surface area contributed by atoms with Crippen LogP contribution in [0.25, 0.3) is 0 Å². The highest BCUT2D eigenvalue weighted by Gasteiger charge is 2.27. The summed E-state index contributed by atoms with van der Waals surface area (Å²) in [5.74, 6) is 0.769. The van der Waals surface area contributed by atoms with Crippen molar-refractivity contribution in [1.29, 1.82) is 0 Å². The van der Waals surface area contributed by atoms with E-state index in [1.165, 1.54) is 25.7 Å². The Morgan fingerprint density at radius 1 is 1.19 bits per heavy atom. The Labute approximate surface area is 112 Å². The molecule has 0 spiro atoms. The van der Waals surface area contributed by atoms with E-state index < -0.39 is 0 Å². The molecule has 0 aromatic heterocycles. The van der Waals surface area contributed by atoms with Gasteiger partial charge in [0.15, 0.2) is 0 Å². The van der Waals surface area contributed by atoms with Crippen LogP contribution in [0.15, 0.2) is 21.1 Å². The van der Waals surface area contributed by atoms with E-state index in [1.54, 1.807) is 0 Å². The van der Waals surface area contributed by atoms with E-state index in [9.17, 15) is 5.11 Å². The lowest BCUT2D eigenvalue weighted by Gasteiger charge is -2.22. The third kappa shape index (κ3) is 2.29. The second-order valence-corrected chi connectivity index (χ2v) is 6.07. The first kappa shape index (κ1) is 12.4. The molecule has 0 amide bonds. The molecule has 0 saturated heterocycles. The molecular weight excluding hydrogens is 334 g/mol. The average molecular weight is 349 g/mol. The quantitative estimate of drug-likeness (QED) is 0.844. The van der Waals surface area contributed by atoms with Gasteiger partial charge in [-0.05, 0) is 46.8 Å². The number of phenols is 1. The predicted octanol–water partition coefficient (Wildman–Crippen LogP) is 4.11. The van der Waals surface area contributed by atoms with Gasteiger partial charge in [0.2, 0.25) is 0 Å². The molecule has 1 aromatic carbocycles. The van der Waals surface area contributed by atoms with E-state index in [4.69, 9.17) is 5.73 Å². The van der Waals surface area contributed by atoms with Crippen LogP contribution >= 0.6 is 31.9 Å². The summed E-state index contributed by atoms with van der Waals surface area (Å²) in [4.78, 5) is 0. The Morgan fingerprint density at radius 3 is 2.38 bits per heavy atom. The lowest BCUT2D eigenvalue weighted by Crippen LogP contribution is -2.19. The van der Waals surface area contributed by atoms with Gasteiger partial charge in [-0.25, -0.2) is 0 Å². The summed E-state index contributed by atoms with van der Waals surface area (Å²) in [5.41, 5.74) is 7.09. The first-order valence-electron chi connectivity index (χ1n) is 5.53. The Morgan fingerprint density at radius 2 is 1.75 bits per heavy atom. The molecular formula is C12H15Br2NO. The van der Waals surface area contributed by atoms with Crippen LogP contribution in [0.5, 0.6) is 5.75 Å². The van der Waals surface area contributed by atoms with Gasteiger partial charge in [-0.3, -0.25) is 0 Å². The van der Waals surface area contributed by atoms with Crippen LogP contribution in [0, 0.1) is 5.92 Å². The third-order valence-corrected chi connectivity index (χ3v) is 4.69. The maximum atomic E-state index is 10.1. The Hall–Kier alpha value is -0.0600. The highest BCUT2D eigenvalue weighted by Crippen LogP contribution is 2.42. The Bertz CT molecular complexity index is 389. The zero-order valence-corrected chi connectivity index (χ0v) is 12.1. The van der Waals surface area contributed by atoms with Crippen molar-refractivity contribution < 1.29 is 5.11 Å². The van der Waals surface area contributed by atoms with E-state index in [0.717, 1.165) is 10.0 Å². The normalized spacial score (nSPS) is 18.9. The average Bonchev–Trinajstić information content (AvgIpc) is 2.77. The molecule has 2 rings (SSSR count). The SMILES string of the molecule is N[C@H](c1c(Br)ccc(Br)c1O)C1CCCC1. The minimum atomic E-state index is -0.0747. The molecule has 0 heterocycles. The number of rotatable bonds is 2. The predicted molar refractivity (Wildman–Crippen MR) is 72.4 cm³/mol. The van der Waals surface area contributed by atoms with Crippen molar-refractivity contribution in [3.63, 3.8) is 0 Å². The summed E-state index contributed by atoms with van der Waals surface area (Å²) in [6.07, 6.45) is 4.84. The van der Waals surface area contributed by atoms with Crippen LogP contribution in [0.4, 0.5) is 0 Å². The maximum absolute atomic E-state index is 10.1. The van der Waals surface area contributed by atoms with Gasteiger partial charge in [-0.2, -0.15) is 0 Å². The van der Waals surface area contributed by atoms with Crippen molar-refractivity contribution in [2.75, 3.05) is 0 Å². The number of aromatic hydroxyl groups is 1. The van der Waals surface area contributed by atoms with Crippen molar-refractivity contribution >= 4 is 31.9 Å². The highest BCUT2D eigenvalue weighted by molar-refractivity contribution is 9.11. The number of benzene rings is 1. The van der Waals surface area contributed by atoms with Crippen LogP contribution in [0.3, 0.4) is 0 Å². The van der Waals surface area contributed by atoms with E-state index >= 15 is 0 Å². The van der Waals surface area contributed by atoms with E-state index in [2.05, 4.69) is 31.9 Å². The van der Waals surface area contributed by atoms with Crippen molar-refractivity contribution in [2.24, 2.45) is 11.7 Å². The van der Waals surface area contributed by atoms with Crippen molar-refractivity contribution in [1.82, 2.24) is 0 Å². The van der Waals surface area contributed by atoms with Crippen molar-refractivity contribution in [2.45, 2.75) is 31.7 Å². The minimum absolute atomic E-state index is 0.0747. The fourth-order valence-electron chi connectivity index (χ4n) is 2.43. The van der Waals surface area contributed by atoms with E-state index in [0.29, 0.717) is 10.4 Å². The molecule has 16 heavy (non-hydrogen) atoms. The van der Waals surface area contributed by atoms with Gasteiger partial charge in [0.05, 0.1) is 4.47 Å². The first-order valence-corrected chi connectivity index (χ1v) is 7.12. The molecule has 1 aliphatic rings. The van der Waals surface area contributed by atoms with Crippen LogP contribution in [-0.4, -0.2) is 5.11 Å². The molecule has 3 N–H and O–H groups in total. The van der Waals surface area contributed by atoms with Crippen LogP contribution in [0.1, 0.15) is 37.3 Å². The third-order valence-electron chi connectivity index (χ3n) is 3.36. The summed E-state index contributed by atoms with van der Waals surface area (Å²) in [6, 6.07) is 3.67.